The van der Waals surface area contributed by atoms with E-state index in [1.807, 2.05) is 0 Å². The molecule has 0 saturated heterocycles. The molecule has 0 radical (unpaired) electrons. The maximum atomic E-state index is 12.0. The van der Waals surface area contributed by atoms with Crippen molar-refractivity contribution in [1.29, 1.82) is 0 Å². The highest BCUT2D eigenvalue weighted by Crippen LogP contribution is 2.24. The average molecular weight is 275 g/mol. The lowest BCUT2D eigenvalue weighted by Gasteiger charge is -2.23. The van der Waals surface area contributed by atoms with Crippen LogP contribution in [0.2, 0.25) is 10.0 Å². The number of hydrogen-bond donors (Lipinski definition) is 1. The summed E-state index contributed by atoms with van der Waals surface area (Å²) in [5.74, 6) is -0.216. The van der Waals surface area contributed by atoms with Crippen LogP contribution >= 0.6 is 23.2 Å². The molecule has 0 atom stereocenters. The van der Waals surface area contributed by atoms with E-state index in [1.54, 1.807) is 32.0 Å². The zero-order valence-electron chi connectivity index (χ0n) is 9.96. The Morgan fingerprint density at radius 2 is 1.88 bits per heavy atom. The van der Waals surface area contributed by atoms with E-state index in [0.29, 0.717) is 28.5 Å². The lowest BCUT2D eigenvalue weighted by atomic mass is 9.88. The van der Waals surface area contributed by atoms with Crippen molar-refractivity contribution >= 4 is 29.0 Å². The number of benzene rings is 1. The SMILES string of the molecule is CCC(O)(CC)C(=O)Cc1cc(Cl)ccc1Cl. The van der Waals surface area contributed by atoms with Gasteiger partial charge in [-0.15, -0.1) is 0 Å². The standard InChI is InChI=1S/C13H16Cl2O2/c1-3-13(17,4-2)12(16)8-9-7-10(14)5-6-11(9)15/h5-7,17H,3-4,8H2,1-2H3. The molecule has 0 aromatic heterocycles. The first-order valence-corrected chi connectivity index (χ1v) is 6.38. The number of aliphatic hydroxyl groups is 1. The van der Waals surface area contributed by atoms with E-state index in [-0.39, 0.29) is 12.2 Å². The van der Waals surface area contributed by atoms with Crippen LogP contribution in [0.25, 0.3) is 0 Å². The van der Waals surface area contributed by atoms with Crippen LogP contribution in [-0.4, -0.2) is 16.5 Å². The second-order valence-electron chi connectivity index (χ2n) is 4.07. The maximum absolute atomic E-state index is 12.0. The maximum Gasteiger partial charge on any atom is 0.168 e. The molecular formula is C13H16Cl2O2. The number of halogens is 2. The van der Waals surface area contributed by atoms with Crippen LogP contribution in [0, 0.1) is 0 Å². The summed E-state index contributed by atoms with van der Waals surface area (Å²) in [5, 5.41) is 11.1. The van der Waals surface area contributed by atoms with E-state index in [1.165, 1.54) is 0 Å². The van der Waals surface area contributed by atoms with Gasteiger partial charge in [-0.05, 0) is 36.6 Å². The van der Waals surface area contributed by atoms with Crippen LogP contribution in [0.5, 0.6) is 0 Å². The van der Waals surface area contributed by atoms with E-state index in [0.717, 1.165) is 0 Å². The lowest BCUT2D eigenvalue weighted by Crippen LogP contribution is -2.38. The number of Topliss-reactive ketones (excluding diaryl/α,β-unsaturated/α-hetero) is 1. The van der Waals surface area contributed by atoms with E-state index in [9.17, 15) is 9.90 Å². The minimum absolute atomic E-state index is 0.109. The van der Waals surface area contributed by atoms with E-state index < -0.39 is 5.60 Å². The molecule has 0 unspecified atom stereocenters. The quantitative estimate of drug-likeness (QED) is 0.890. The van der Waals surface area contributed by atoms with Crippen LogP contribution in [0.1, 0.15) is 32.3 Å². The highest BCUT2D eigenvalue weighted by atomic mass is 35.5. The third kappa shape index (κ3) is 3.44. The molecule has 0 bridgehead atoms. The summed E-state index contributed by atoms with van der Waals surface area (Å²) in [7, 11) is 0. The number of rotatable bonds is 5. The van der Waals surface area contributed by atoms with Crippen molar-refractivity contribution in [3.05, 3.63) is 33.8 Å². The second-order valence-corrected chi connectivity index (χ2v) is 4.92. The van der Waals surface area contributed by atoms with E-state index in [4.69, 9.17) is 23.2 Å². The average Bonchev–Trinajstić information content (AvgIpc) is 2.32. The fraction of sp³-hybridized carbons (Fsp3) is 0.462. The van der Waals surface area contributed by atoms with Gasteiger partial charge in [0.05, 0.1) is 0 Å². The van der Waals surface area contributed by atoms with Crippen molar-refractivity contribution in [3.8, 4) is 0 Å². The zero-order chi connectivity index (χ0) is 13.1. The summed E-state index contributed by atoms with van der Waals surface area (Å²) in [6.45, 7) is 3.59. The molecule has 94 valence electrons. The van der Waals surface area contributed by atoms with Gasteiger partial charge >= 0.3 is 0 Å². The van der Waals surface area contributed by atoms with Gasteiger partial charge in [0.2, 0.25) is 0 Å². The number of hydrogen-bond acceptors (Lipinski definition) is 2. The van der Waals surface area contributed by atoms with Crippen molar-refractivity contribution in [2.45, 2.75) is 38.7 Å². The van der Waals surface area contributed by atoms with Crippen molar-refractivity contribution in [2.75, 3.05) is 0 Å². The molecule has 1 N–H and O–H groups in total. The fourth-order valence-electron chi connectivity index (χ4n) is 1.66. The Labute approximate surface area is 112 Å². The summed E-state index contributed by atoms with van der Waals surface area (Å²) < 4.78 is 0. The molecule has 0 aliphatic heterocycles. The van der Waals surface area contributed by atoms with Crippen LogP contribution in [0.15, 0.2) is 18.2 Å². The van der Waals surface area contributed by atoms with Gasteiger partial charge in [-0.1, -0.05) is 37.0 Å². The zero-order valence-corrected chi connectivity index (χ0v) is 11.5. The van der Waals surface area contributed by atoms with Crippen molar-refractivity contribution in [2.24, 2.45) is 0 Å². The molecule has 0 heterocycles. The lowest BCUT2D eigenvalue weighted by molar-refractivity contribution is -0.137. The first kappa shape index (κ1) is 14.5. The van der Waals surface area contributed by atoms with Gasteiger partial charge < -0.3 is 5.11 Å². The van der Waals surface area contributed by atoms with Gasteiger partial charge in [0.15, 0.2) is 5.78 Å². The van der Waals surface area contributed by atoms with Crippen LogP contribution in [-0.2, 0) is 11.2 Å². The van der Waals surface area contributed by atoms with E-state index in [2.05, 4.69) is 0 Å². The van der Waals surface area contributed by atoms with Gasteiger partial charge in [0.1, 0.15) is 5.60 Å². The Morgan fingerprint density at radius 1 is 1.29 bits per heavy atom. The number of ketones is 1. The van der Waals surface area contributed by atoms with E-state index >= 15 is 0 Å². The number of carbonyl (C=O) groups is 1. The Balaban J connectivity index is 2.91. The monoisotopic (exact) mass is 274 g/mol. The summed E-state index contributed by atoms with van der Waals surface area (Å²) >= 11 is 11.8. The minimum atomic E-state index is -1.26. The summed E-state index contributed by atoms with van der Waals surface area (Å²) in [6, 6.07) is 4.99. The van der Waals surface area contributed by atoms with Crippen LogP contribution < -0.4 is 0 Å². The van der Waals surface area contributed by atoms with Crippen molar-refractivity contribution in [1.82, 2.24) is 0 Å². The third-order valence-corrected chi connectivity index (χ3v) is 3.65. The minimum Gasteiger partial charge on any atom is -0.382 e. The molecule has 2 nitrogen and oxygen atoms in total. The first-order valence-electron chi connectivity index (χ1n) is 5.62. The molecule has 0 saturated carbocycles. The summed E-state index contributed by atoms with van der Waals surface area (Å²) in [6.07, 6.45) is 0.915. The first-order chi connectivity index (χ1) is 7.92. The smallest absolute Gasteiger partial charge is 0.168 e. The summed E-state index contributed by atoms with van der Waals surface area (Å²) in [5.41, 5.74) is -0.601. The molecule has 0 aliphatic carbocycles. The van der Waals surface area contributed by atoms with Crippen molar-refractivity contribution in [3.63, 3.8) is 0 Å². The molecule has 4 heteroatoms. The molecule has 1 rings (SSSR count). The largest absolute Gasteiger partial charge is 0.382 e. The Morgan fingerprint density at radius 3 is 2.41 bits per heavy atom. The normalized spacial score (nSPS) is 11.6. The van der Waals surface area contributed by atoms with Gasteiger partial charge in [-0.3, -0.25) is 4.79 Å². The molecule has 1 aromatic carbocycles. The highest BCUT2D eigenvalue weighted by Gasteiger charge is 2.31. The fourth-order valence-corrected chi connectivity index (χ4v) is 2.04. The van der Waals surface area contributed by atoms with Crippen LogP contribution in [0.3, 0.4) is 0 Å². The molecular weight excluding hydrogens is 259 g/mol. The molecule has 1 aromatic rings. The topological polar surface area (TPSA) is 37.3 Å². The Kier molecular flexibility index (Phi) is 4.99. The third-order valence-electron chi connectivity index (χ3n) is 3.05. The summed E-state index contributed by atoms with van der Waals surface area (Å²) in [4.78, 5) is 12.0. The molecule has 0 amide bonds. The molecule has 0 spiro atoms. The van der Waals surface area contributed by atoms with Gasteiger partial charge in [0.25, 0.3) is 0 Å². The molecule has 0 fully saturated rings. The Bertz CT molecular complexity index is 412. The van der Waals surface area contributed by atoms with Gasteiger partial charge in [-0.2, -0.15) is 0 Å². The molecule has 0 aliphatic rings. The highest BCUT2D eigenvalue weighted by molar-refractivity contribution is 6.33. The van der Waals surface area contributed by atoms with Crippen LogP contribution in [0.4, 0.5) is 0 Å². The number of carbonyl (C=O) groups excluding carboxylic acids is 1. The predicted molar refractivity (Wildman–Crippen MR) is 70.7 cm³/mol. The molecule has 17 heavy (non-hydrogen) atoms. The predicted octanol–water partition coefficient (Wildman–Crippen LogP) is 3.66. The van der Waals surface area contributed by atoms with Gasteiger partial charge in [0, 0.05) is 16.5 Å². The van der Waals surface area contributed by atoms with Crippen molar-refractivity contribution < 1.29 is 9.90 Å². The second kappa shape index (κ2) is 5.85. The Hall–Kier alpha value is -0.570. The van der Waals surface area contributed by atoms with Gasteiger partial charge in [-0.25, -0.2) is 0 Å².